The fourth-order valence-electron chi connectivity index (χ4n) is 3.08. The summed E-state index contributed by atoms with van der Waals surface area (Å²) in [4.78, 5) is 10.6. The maximum absolute atomic E-state index is 10.6. The van der Waals surface area contributed by atoms with Gasteiger partial charge in [-0.3, -0.25) is 4.79 Å². The van der Waals surface area contributed by atoms with Gasteiger partial charge in [-0.1, -0.05) is 79.9 Å². The molecule has 0 amide bonds. The van der Waals surface area contributed by atoms with Crippen molar-refractivity contribution in [3.63, 3.8) is 0 Å². The third kappa shape index (κ3) is 10.8. The summed E-state index contributed by atoms with van der Waals surface area (Å²) in [5, 5.41) is 9.42. The molecule has 0 saturated heterocycles. The number of carboxylic acid groups (broad SMARTS) is 1. The largest absolute Gasteiger partial charge is 0.481 e. The first-order valence-corrected chi connectivity index (χ1v) is 12.4. The third-order valence-electron chi connectivity index (χ3n) is 4.69. The number of hydrogen-bond donors (Lipinski definition) is 1. The van der Waals surface area contributed by atoms with Crippen molar-refractivity contribution in [1.29, 1.82) is 0 Å². The molecule has 0 radical (unpaired) electrons. The molecule has 2 rings (SSSR count). The Morgan fingerprint density at radius 3 is 2.04 bits per heavy atom. The molecule has 0 aromatic heterocycles. The molecule has 0 aliphatic carbocycles. The fourth-order valence-corrected chi connectivity index (χ4v) is 5.49. The van der Waals surface area contributed by atoms with E-state index in [1.165, 1.54) is 36.1 Å². The van der Waals surface area contributed by atoms with Gasteiger partial charge in [0.25, 0.3) is 0 Å². The van der Waals surface area contributed by atoms with Gasteiger partial charge in [-0.05, 0) is 36.1 Å². The maximum Gasteiger partial charge on any atom is 0.303 e. The van der Waals surface area contributed by atoms with Gasteiger partial charge in [0.15, 0.2) is 0 Å². The number of aliphatic carboxylic acids is 1. The topological polar surface area (TPSA) is 37.3 Å². The summed E-state index contributed by atoms with van der Waals surface area (Å²) in [6.07, 6.45) is 6.97. The van der Waals surface area contributed by atoms with Gasteiger partial charge in [0.1, 0.15) is 0 Å². The standard InChI is InChI=1S/C24H32O2S2/c25-24(26)16-10-2-1-9-15-23(28-20-22-13-7-4-8-14-22)17-18-27-19-21-11-5-3-6-12-21/h3-8,11-14,23H,1-2,9-10,15-20H2,(H,25,26). The first-order valence-electron chi connectivity index (χ1n) is 10.2. The molecule has 1 unspecified atom stereocenters. The van der Waals surface area contributed by atoms with Crippen molar-refractivity contribution < 1.29 is 9.90 Å². The van der Waals surface area contributed by atoms with Crippen LogP contribution in [-0.4, -0.2) is 22.1 Å². The smallest absolute Gasteiger partial charge is 0.303 e. The minimum atomic E-state index is -0.674. The van der Waals surface area contributed by atoms with Gasteiger partial charge in [-0.25, -0.2) is 0 Å². The van der Waals surface area contributed by atoms with E-state index in [-0.39, 0.29) is 0 Å². The Morgan fingerprint density at radius 2 is 1.39 bits per heavy atom. The predicted molar refractivity (Wildman–Crippen MR) is 124 cm³/mol. The van der Waals surface area contributed by atoms with Crippen molar-refractivity contribution in [2.24, 2.45) is 0 Å². The molecule has 4 heteroatoms. The van der Waals surface area contributed by atoms with Crippen molar-refractivity contribution in [1.82, 2.24) is 0 Å². The zero-order chi connectivity index (χ0) is 19.9. The highest BCUT2D eigenvalue weighted by molar-refractivity contribution is 7.99. The maximum atomic E-state index is 10.6. The SMILES string of the molecule is O=C(O)CCCCCCC(CCSCc1ccccc1)SCc1ccccc1. The van der Waals surface area contributed by atoms with E-state index in [0.29, 0.717) is 11.7 Å². The van der Waals surface area contributed by atoms with Gasteiger partial charge in [0, 0.05) is 23.2 Å². The van der Waals surface area contributed by atoms with Crippen molar-refractivity contribution in [3.8, 4) is 0 Å². The van der Waals surface area contributed by atoms with E-state index >= 15 is 0 Å². The van der Waals surface area contributed by atoms with Crippen LogP contribution in [0.3, 0.4) is 0 Å². The quantitative estimate of drug-likeness (QED) is 0.316. The summed E-state index contributed by atoms with van der Waals surface area (Å²) in [5.74, 6) is 2.69. The van der Waals surface area contributed by atoms with Gasteiger partial charge in [0.2, 0.25) is 0 Å². The Hall–Kier alpha value is -1.39. The molecule has 0 bridgehead atoms. The summed E-state index contributed by atoms with van der Waals surface area (Å²) < 4.78 is 0. The van der Waals surface area contributed by atoms with Crippen molar-refractivity contribution in [2.75, 3.05) is 5.75 Å². The molecule has 0 aliphatic rings. The van der Waals surface area contributed by atoms with Crippen LogP contribution >= 0.6 is 23.5 Å². The molecule has 2 aromatic rings. The summed E-state index contributed by atoms with van der Waals surface area (Å²) in [6.45, 7) is 0. The van der Waals surface area contributed by atoms with Crippen LogP contribution in [0, 0.1) is 0 Å². The Balaban J connectivity index is 1.68. The average molecular weight is 417 g/mol. The predicted octanol–water partition coefficient (Wildman–Crippen LogP) is 7.04. The van der Waals surface area contributed by atoms with E-state index in [1.807, 2.05) is 11.8 Å². The van der Waals surface area contributed by atoms with Gasteiger partial charge in [0.05, 0.1) is 0 Å². The molecule has 0 spiro atoms. The number of carboxylic acids is 1. The lowest BCUT2D eigenvalue weighted by Crippen LogP contribution is -2.05. The lowest BCUT2D eigenvalue weighted by Gasteiger charge is -2.17. The molecule has 1 atom stereocenters. The summed E-state index contributed by atoms with van der Waals surface area (Å²) in [6, 6.07) is 21.4. The molecule has 28 heavy (non-hydrogen) atoms. The number of carbonyl (C=O) groups is 1. The average Bonchev–Trinajstić information content (AvgIpc) is 2.72. The lowest BCUT2D eigenvalue weighted by molar-refractivity contribution is -0.137. The molecule has 0 heterocycles. The Morgan fingerprint density at radius 1 is 0.786 bits per heavy atom. The zero-order valence-corrected chi connectivity index (χ0v) is 18.2. The van der Waals surface area contributed by atoms with Crippen LogP contribution in [0.25, 0.3) is 0 Å². The van der Waals surface area contributed by atoms with E-state index in [2.05, 4.69) is 72.4 Å². The summed E-state index contributed by atoms with van der Waals surface area (Å²) in [7, 11) is 0. The van der Waals surface area contributed by atoms with Crippen LogP contribution in [0.5, 0.6) is 0 Å². The van der Waals surface area contributed by atoms with Crippen LogP contribution in [-0.2, 0) is 16.3 Å². The van der Waals surface area contributed by atoms with Gasteiger partial charge >= 0.3 is 5.97 Å². The van der Waals surface area contributed by atoms with E-state index in [4.69, 9.17) is 5.11 Å². The highest BCUT2D eigenvalue weighted by atomic mass is 32.2. The van der Waals surface area contributed by atoms with Crippen LogP contribution in [0.15, 0.2) is 60.7 Å². The number of benzene rings is 2. The molecule has 0 aliphatic heterocycles. The van der Waals surface area contributed by atoms with Crippen LogP contribution < -0.4 is 0 Å². The lowest BCUT2D eigenvalue weighted by atomic mass is 10.1. The normalized spacial score (nSPS) is 12.0. The van der Waals surface area contributed by atoms with Crippen molar-refractivity contribution >= 4 is 29.5 Å². The monoisotopic (exact) mass is 416 g/mol. The van der Waals surface area contributed by atoms with Gasteiger partial charge < -0.3 is 5.11 Å². The van der Waals surface area contributed by atoms with Gasteiger partial charge in [-0.2, -0.15) is 23.5 Å². The summed E-state index contributed by atoms with van der Waals surface area (Å²) in [5.41, 5.74) is 2.80. The minimum absolute atomic E-state index is 0.308. The van der Waals surface area contributed by atoms with E-state index in [0.717, 1.165) is 30.8 Å². The second-order valence-electron chi connectivity index (χ2n) is 7.09. The van der Waals surface area contributed by atoms with Crippen LogP contribution in [0.1, 0.15) is 56.1 Å². The first-order chi connectivity index (χ1) is 13.7. The highest BCUT2D eigenvalue weighted by Gasteiger charge is 2.10. The molecule has 0 saturated carbocycles. The van der Waals surface area contributed by atoms with E-state index < -0.39 is 5.97 Å². The Bertz CT molecular complexity index is 646. The molecular formula is C24H32O2S2. The highest BCUT2D eigenvalue weighted by Crippen LogP contribution is 2.27. The Kier molecular flexibility index (Phi) is 11.9. The zero-order valence-electron chi connectivity index (χ0n) is 16.6. The van der Waals surface area contributed by atoms with E-state index in [9.17, 15) is 4.79 Å². The number of unbranched alkanes of at least 4 members (excludes halogenated alkanes) is 3. The van der Waals surface area contributed by atoms with Crippen molar-refractivity contribution in [3.05, 3.63) is 71.8 Å². The molecule has 152 valence electrons. The number of thioether (sulfide) groups is 2. The second-order valence-corrected chi connectivity index (χ2v) is 9.49. The number of rotatable bonds is 15. The molecule has 2 nitrogen and oxygen atoms in total. The third-order valence-corrected chi connectivity index (χ3v) is 7.20. The minimum Gasteiger partial charge on any atom is -0.481 e. The van der Waals surface area contributed by atoms with E-state index in [1.54, 1.807) is 0 Å². The number of hydrogen-bond acceptors (Lipinski definition) is 3. The van der Waals surface area contributed by atoms with Gasteiger partial charge in [-0.15, -0.1) is 0 Å². The molecule has 1 N–H and O–H groups in total. The first kappa shape index (κ1) is 22.9. The van der Waals surface area contributed by atoms with Crippen molar-refractivity contribution in [2.45, 2.75) is 61.7 Å². The second kappa shape index (κ2) is 14.6. The molecule has 0 fully saturated rings. The molecular weight excluding hydrogens is 384 g/mol. The fraction of sp³-hybridized carbons (Fsp3) is 0.458. The molecule has 2 aromatic carbocycles. The van der Waals surface area contributed by atoms with Crippen LogP contribution in [0.2, 0.25) is 0 Å². The Labute approximate surface area is 178 Å². The van der Waals surface area contributed by atoms with Crippen LogP contribution in [0.4, 0.5) is 0 Å². The summed E-state index contributed by atoms with van der Waals surface area (Å²) >= 11 is 4.11.